The average molecular weight is 440 g/mol. The highest BCUT2D eigenvalue weighted by Gasteiger charge is 2.19. The van der Waals surface area contributed by atoms with Crippen LogP contribution in [0.15, 0.2) is 41.8 Å². The number of anilines is 1. The quantitative estimate of drug-likeness (QED) is 0.345. The number of nitrogens with one attached hydrogen (secondary N) is 1. The minimum absolute atomic E-state index is 0.199. The van der Waals surface area contributed by atoms with Crippen LogP contribution < -0.4 is 5.32 Å². The Morgan fingerprint density at radius 1 is 1.19 bits per heavy atom. The van der Waals surface area contributed by atoms with Crippen molar-refractivity contribution in [3.63, 3.8) is 0 Å². The van der Waals surface area contributed by atoms with E-state index in [0.29, 0.717) is 23.2 Å². The first kappa shape index (κ1) is 22.7. The second kappa shape index (κ2) is 10.4. The van der Waals surface area contributed by atoms with Gasteiger partial charge in [-0.3, -0.25) is 4.79 Å². The Bertz CT molecular complexity index is 1040. The third-order valence-electron chi connectivity index (χ3n) is 5.14. The Balaban J connectivity index is 1.54. The Labute approximate surface area is 187 Å². The molecule has 0 fully saturated rings. The van der Waals surface area contributed by atoms with Gasteiger partial charge in [0.1, 0.15) is 0 Å². The Morgan fingerprint density at radius 2 is 1.94 bits per heavy atom. The van der Waals surface area contributed by atoms with Crippen LogP contribution in [-0.4, -0.2) is 27.9 Å². The number of rotatable bonds is 10. The molecule has 2 aromatic heterocycles. The van der Waals surface area contributed by atoms with Crippen LogP contribution in [0.1, 0.15) is 58.1 Å². The molecule has 1 N–H and O–H groups in total. The van der Waals surface area contributed by atoms with Crippen LogP contribution in [0.2, 0.25) is 0 Å². The molecular weight excluding hydrogens is 410 g/mol. The molecule has 0 bridgehead atoms. The van der Waals surface area contributed by atoms with Gasteiger partial charge in [0.25, 0.3) is 0 Å². The molecule has 0 aliphatic rings. The number of hydrogen-bond donors (Lipinski definition) is 1. The predicted molar refractivity (Wildman–Crippen MR) is 124 cm³/mol. The lowest BCUT2D eigenvalue weighted by Crippen LogP contribution is -2.15. The lowest BCUT2D eigenvalue weighted by molar-refractivity contribution is 0.0469. The average Bonchev–Trinajstić information content (AvgIpc) is 3.34. The van der Waals surface area contributed by atoms with Crippen molar-refractivity contribution < 1.29 is 14.3 Å². The number of aromatic nitrogens is 2. The van der Waals surface area contributed by atoms with Gasteiger partial charge < -0.3 is 14.6 Å². The summed E-state index contributed by atoms with van der Waals surface area (Å²) in [5.74, 6) is -0.202. The number of esters is 1. The first-order valence-electron chi connectivity index (χ1n) is 10.5. The summed E-state index contributed by atoms with van der Waals surface area (Å²) in [4.78, 5) is 29.3. The van der Waals surface area contributed by atoms with Crippen LogP contribution in [-0.2, 0) is 17.8 Å². The normalized spacial score (nSPS) is 11.0. The maximum atomic E-state index is 12.6. The molecule has 164 valence electrons. The van der Waals surface area contributed by atoms with E-state index in [4.69, 9.17) is 4.74 Å². The summed E-state index contributed by atoms with van der Waals surface area (Å²) in [7, 11) is 0. The number of hydrogen-bond acceptors (Lipinski definition) is 6. The van der Waals surface area contributed by atoms with Crippen molar-refractivity contribution in [3.05, 3.63) is 70.0 Å². The number of carbonyl (C=O) groups excluding carboxylic acids is 2. The van der Waals surface area contributed by atoms with Gasteiger partial charge >= 0.3 is 5.97 Å². The number of Topliss-reactive ketones (excluding diaryl/α,β-unsaturated/α-hetero) is 1. The van der Waals surface area contributed by atoms with E-state index in [1.54, 1.807) is 5.38 Å². The van der Waals surface area contributed by atoms with Crippen LogP contribution in [0.4, 0.5) is 5.13 Å². The molecule has 2 heterocycles. The summed E-state index contributed by atoms with van der Waals surface area (Å²) in [5, 5.41) is 5.46. The molecule has 7 heteroatoms. The van der Waals surface area contributed by atoms with Gasteiger partial charge in [-0.25, -0.2) is 9.78 Å². The second-order valence-corrected chi connectivity index (χ2v) is 8.85. The van der Waals surface area contributed by atoms with E-state index >= 15 is 0 Å². The summed E-state index contributed by atoms with van der Waals surface area (Å²) in [6.45, 7) is 9.50. The van der Waals surface area contributed by atoms with Crippen LogP contribution in [0.5, 0.6) is 0 Å². The smallest absolute Gasteiger partial charge is 0.358 e. The van der Waals surface area contributed by atoms with Crippen LogP contribution in [0.3, 0.4) is 0 Å². The molecule has 0 amide bonds. The van der Waals surface area contributed by atoms with E-state index in [-0.39, 0.29) is 18.1 Å². The number of ether oxygens (including phenoxy) is 1. The zero-order chi connectivity index (χ0) is 22.4. The molecule has 0 saturated heterocycles. The number of benzene rings is 1. The van der Waals surface area contributed by atoms with E-state index < -0.39 is 5.97 Å². The van der Waals surface area contributed by atoms with E-state index in [0.717, 1.165) is 29.9 Å². The fourth-order valence-electron chi connectivity index (χ4n) is 3.32. The van der Waals surface area contributed by atoms with Crippen molar-refractivity contribution in [1.29, 1.82) is 0 Å². The SMILES string of the molecule is Cc1cc(C(=O)COC(=O)c2csc(NCc3ccccc3)n2)c(C)n1CCC(C)C. The fourth-order valence-corrected chi connectivity index (χ4v) is 4.00. The first-order chi connectivity index (χ1) is 14.8. The van der Waals surface area contributed by atoms with Crippen molar-refractivity contribution in [2.45, 2.75) is 47.2 Å². The standard InChI is InChI=1S/C24H29N3O3S/c1-16(2)10-11-27-17(3)12-20(18(27)4)22(28)14-30-23(29)21-15-31-24(26-21)25-13-19-8-6-5-7-9-19/h5-9,12,15-16H,10-11,13-14H2,1-4H3,(H,25,26). The highest BCUT2D eigenvalue weighted by Crippen LogP contribution is 2.19. The summed E-state index contributed by atoms with van der Waals surface area (Å²) in [6.07, 6.45) is 1.05. The molecular formula is C24H29N3O3S. The number of carbonyl (C=O) groups is 2. The molecule has 3 aromatic rings. The van der Waals surface area contributed by atoms with Gasteiger partial charge in [0, 0.05) is 35.4 Å². The molecule has 0 saturated carbocycles. The number of ketones is 1. The van der Waals surface area contributed by atoms with Gasteiger partial charge in [0.05, 0.1) is 0 Å². The second-order valence-electron chi connectivity index (χ2n) is 8.00. The van der Waals surface area contributed by atoms with Crippen molar-refractivity contribution in [2.75, 3.05) is 11.9 Å². The van der Waals surface area contributed by atoms with Crippen LogP contribution in [0, 0.1) is 19.8 Å². The zero-order valence-corrected chi connectivity index (χ0v) is 19.3. The zero-order valence-electron chi connectivity index (χ0n) is 18.5. The van der Waals surface area contributed by atoms with Gasteiger partial charge in [-0.1, -0.05) is 44.2 Å². The van der Waals surface area contributed by atoms with E-state index in [1.807, 2.05) is 50.2 Å². The third kappa shape index (κ3) is 6.04. The highest BCUT2D eigenvalue weighted by atomic mass is 32.1. The molecule has 1 aromatic carbocycles. The monoisotopic (exact) mass is 439 g/mol. The largest absolute Gasteiger partial charge is 0.453 e. The molecule has 0 atom stereocenters. The van der Waals surface area contributed by atoms with Crippen molar-refractivity contribution >= 4 is 28.2 Å². The van der Waals surface area contributed by atoms with Gasteiger partial charge in [-0.05, 0) is 37.8 Å². The Hall–Kier alpha value is -2.93. The van der Waals surface area contributed by atoms with Crippen LogP contribution in [0.25, 0.3) is 0 Å². The number of thiazole rings is 1. The minimum atomic E-state index is -0.592. The maximum absolute atomic E-state index is 12.6. The summed E-state index contributed by atoms with van der Waals surface area (Å²) < 4.78 is 7.39. The molecule has 0 radical (unpaired) electrons. The lowest BCUT2D eigenvalue weighted by atomic mass is 10.1. The van der Waals surface area contributed by atoms with E-state index in [9.17, 15) is 9.59 Å². The summed E-state index contributed by atoms with van der Waals surface area (Å²) >= 11 is 1.33. The summed E-state index contributed by atoms with van der Waals surface area (Å²) in [6, 6.07) is 11.8. The molecule has 0 unspecified atom stereocenters. The van der Waals surface area contributed by atoms with E-state index in [1.165, 1.54) is 11.3 Å². The maximum Gasteiger partial charge on any atom is 0.358 e. The molecule has 0 aliphatic heterocycles. The van der Waals surface area contributed by atoms with Gasteiger partial charge in [0.2, 0.25) is 5.78 Å². The number of nitrogens with zero attached hydrogens (tertiary/aromatic N) is 2. The van der Waals surface area contributed by atoms with Crippen molar-refractivity contribution in [3.8, 4) is 0 Å². The van der Waals surface area contributed by atoms with Crippen molar-refractivity contribution in [2.24, 2.45) is 5.92 Å². The van der Waals surface area contributed by atoms with Crippen molar-refractivity contribution in [1.82, 2.24) is 9.55 Å². The predicted octanol–water partition coefficient (Wildman–Crippen LogP) is 5.26. The highest BCUT2D eigenvalue weighted by molar-refractivity contribution is 7.13. The molecule has 0 aliphatic carbocycles. The molecule has 0 spiro atoms. The fraction of sp³-hybridized carbons (Fsp3) is 0.375. The Morgan fingerprint density at radius 3 is 2.65 bits per heavy atom. The van der Waals surface area contributed by atoms with Gasteiger partial charge in [-0.15, -0.1) is 11.3 Å². The molecule has 31 heavy (non-hydrogen) atoms. The minimum Gasteiger partial charge on any atom is -0.453 e. The Kier molecular flexibility index (Phi) is 7.63. The third-order valence-corrected chi connectivity index (χ3v) is 5.94. The summed E-state index contributed by atoms with van der Waals surface area (Å²) in [5.41, 5.74) is 3.90. The first-order valence-corrected chi connectivity index (χ1v) is 11.3. The van der Waals surface area contributed by atoms with Crippen LogP contribution >= 0.6 is 11.3 Å². The van der Waals surface area contributed by atoms with E-state index in [2.05, 4.69) is 28.7 Å². The molecule has 6 nitrogen and oxygen atoms in total. The van der Waals surface area contributed by atoms with Gasteiger partial charge in [0.15, 0.2) is 17.4 Å². The molecule has 3 rings (SSSR count). The lowest BCUT2D eigenvalue weighted by Gasteiger charge is -2.11. The van der Waals surface area contributed by atoms with Gasteiger partial charge in [-0.2, -0.15) is 0 Å². The topological polar surface area (TPSA) is 73.2 Å². The number of aryl methyl sites for hydroxylation is 1.